The van der Waals surface area contributed by atoms with Crippen molar-refractivity contribution in [1.29, 1.82) is 0 Å². The summed E-state index contributed by atoms with van der Waals surface area (Å²) in [5, 5.41) is 9.94. The van der Waals surface area contributed by atoms with Crippen LogP contribution in [0.1, 0.15) is 15.9 Å². The second kappa shape index (κ2) is 7.57. The molecule has 1 N–H and O–H groups in total. The van der Waals surface area contributed by atoms with Crippen LogP contribution in [0.2, 0.25) is 0 Å². The largest absolute Gasteiger partial charge is 0.507 e. The van der Waals surface area contributed by atoms with E-state index in [2.05, 4.69) is 15.9 Å². The maximum Gasteiger partial charge on any atom is 0.255 e. The first-order chi connectivity index (χ1) is 12.7. The molecule has 0 radical (unpaired) electrons. The van der Waals surface area contributed by atoms with Gasteiger partial charge in [-0.2, -0.15) is 4.31 Å². The van der Waals surface area contributed by atoms with Crippen LogP contribution in [0.5, 0.6) is 5.75 Å². The van der Waals surface area contributed by atoms with Gasteiger partial charge in [-0.3, -0.25) is 4.79 Å². The van der Waals surface area contributed by atoms with Gasteiger partial charge in [0.2, 0.25) is 10.0 Å². The Morgan fingerprint density at radius 1 is 1.11 bits per heavy atom. The van der Waals surface area contributed by atoms with Gasteiger partial charge in [0, 0.05) is 30.7 Å². The van der Waals surface area contributed by atoms with Crippen molar-refractivity contribution in [3.63, 3.8) is 0 Å². The number of phenolic OH excluding ortho intramolecular Hbond substituents is 1. The number of hydrogen-bond donors (Lipinski definition) is 1. The van der Waals surface area contributed by atoms with E-state index < -0.39 is 15.8 Å². The van der Waals surface area contributed by atoms with Gasteiger partial charge in [-0.1, -0.05) is 6.07 Å². The van der Waals surface area contributed by atoms with Gasteiger partial charge in [0.05, 0.1) is 5.56 Å². The number of nitrogens with zero attached hydrogens (tertiary/aromatic N) is 2. The van der Waals surface area contributed by atoms with E-state index in [1.54, 1.807) is 13.0 Å². The Morgan fingerprint density at radius 2 is 1.78 bits per heavy atom. The molecule has 0 aromatic heterocycles. The molecule has 1 fully saturated rings. The van der Waals surface area contributed by atoms with Crippen molar-refractivity contribution < 1.29 is 22.7 Å². The third-order valence-electron chi connectivity index (χ3n) is 4.42. The molecule has 0 bridgehead atoms. The topological polar surface area (TPSA) is 77.9 Å². The lowest BCUT2D eigenvalue weighted by atomic mass is 10.2. The summed E-state index contributed by atoms with van der Waals surface area (Å²) < 4.78 is 40.8. The number of piperazine rings is 1. The number of aryl methyl sites for hydroxylation is 1. The van der Waals surface area contributed by atoms with E-state index in [1.165, 1.54) is 33.5 Å². The second-order valence-electron chi connectivity index (χ2n) is 6.29. The average Bonchev–Trinajstić information content (AvgIpc) is 2.65. The Labute approximate surface area is 165 Å². The van der Waals surface area contributed by atoms with Gasteiger partial charge in [-0.15, -0.1) is 0 Å². The summed E-state index contributed by atoms with van der Waals surface area (Å²) in [7, 11) is -3.87. The summed E-state index contributed by atoms with van der Waals surface area (Å²) >= 11 is 3.24. The lowest BCUT2D eigenvalue weighted by Gasteiger charge is -2.34. The molecular formula is C18H18BrFN2O4S. The highest BCUT2D eigenvalue weighted by molar-refractivity contribution is 9.10. The quantitative estimate of drug-likeness (QED) is 0.769. The summed E-state index contributed by atoms with van der Waals surface area (Å²) in [6.45, 7) is 2.27. The van der Waals surface area contributed by atoms with Crippen LogP contribution in [0, 0.1) is 12.7 Å². The first-order valence-electron chi connectivity index (χ1n) is 8.24. The molecule has 144 valence electrons. The maximum absolute atomic E-state index is 13.4. The van der Waals surface area contributed by atoms with E-state index in [9.17, 15) is 22.7 Å². The molecule has 1 heterocycles. The second-order valence-corrected chi connectivity index (χ2v) is 9.05. The molecule has 9 heteroatoms. The van der Waals surface area contributed by atoms with Crippen LogP contribution in [-0.4, -0.2) is 54.8 Å². The van der Waals surface area contributed by atoms with Crippen LogP contribution in [-0.2, 0) is 10.0 Å². The predicted octanol–water partition coefficient (Wildman–Crippen LogP) is 2.75. The normalized spacial score (nSPS) is 15.7. The number of amides is 1. The van der Waals surface area contributed by atoms with Crippen molar-refractivity contribution in [2.75, 3.05) is 26.2 Å². The first kappa shape index (κ1) is 19.8. The van der Waals surface area contributed by atoms with Crippen LogP contribution >= 0.6 is 15.9 Å². The first-order valence-corrected chi connectivity index (χ1v) is 10.5. The molecule has 0 spiro atoms. The molecule has 0 unspecified atom stereocenters. The molecule has 1 aliphatic heterocycles. The molecule has 2 aromatic carbocycles. The van der Waals surface area contributed by atoms with Gasteiger partial charge < -0.3 is 10.0 Å². The molecule has 3 rings (SSSR count). The Morgan fingerprint density at radius 3 is 2.44 bits per heavy atom. The number of benzene rings is 2. The van der Waals surface area contributed by atoms with E-state index in [0.29, 0.717) is 4.47 Å². The van der Waals surface area contributed by atoms with Crippen molar-refractivity contribution in [3.05, 3.63) is 57.8 Å². The monoisotopic (exact) mass is 456 g/mol. The molecule has 0 atom stereocenters. The van der Waals surface area contributed by atoms with Crippen LogP contribution in [0.3, 0.4) is 0 Å². The van der Waals surface area contributed by atoms with Crippen LogP contribution in [0.15, 0.2) is 45.8 Å². The molecule has 2 aromatic rings. The average molecular weight is 457 g/mol. The lowest BCUT2D eigenvalue weighted by Crippen LogP contribution is -2.50. The van der Waals surface area contributed by atoms with E-state index >= 15 is 0 Å². The van der Waals surface area contributed by atoms with Crippen molar-refractivity contribution in [3.8, 4) is 5.75 Å². The number of carbonyl (C=O) groups is 1. The van der Waals surface area contributed by atoms with Gasteiger partial charge in [-0.25, -0.2) is 12.8 Å². The molecule has 27 heavy (non-hydrogen) atoms. The summed E-state index contributed by atoms with van der Waals surface area (Å²) in [6.07, 6.45) is 0. The molecule has 6 nitrogen and oxygen atoms in total. The summed E-state index contributed by atoms with van der Waals surface area (Å²) in [5.74, 6) is -1.18. The molecular weight excluding hydrogens is 439 g/mol. The summed E-state index contributed by atoms with van der Waals surface area (Å²) in [4.78, 5) is 14.0. The Bertz CT molecular complexity index is 989. The molecule has 1 aliphatic rings. The third-order valence-corrected chi connectivity index (χ3v) is 7.04. The van der Waals surface area contributed by atoms with Crippen LogP contribution in [0.4, 0.5) is 4.39 Å². The predicted molar refractivity (Wildman–Crippen MR) is 102 cm³/mol. The van der Waals surface area contributed by atoms with Crippen molar-refractivity contribution >= 4 is 31.9 Å². The number of aromatic hydroxyl groups is 1. The van der Waals surface area contributed by atoms with Gasteiger partial charge in [0.15, 0.2) is 0 Å². The lowest BCUT2D eigenvalue weighted by molar-refractivity contribution is 0.0696. The Hall–Kier alpha value is -1.97. The zero-order chi connectivity index (χ0) is 19.8. The van der Waals surface area contributed by atoms with Crippen LogP contribution < -0.4 is 0 Å². The zero-order valence-electron chi connectivity index (χ0n) is 14.5. The minimum atomic E-state index is -3.87. The maximum atomic E-state index is 13.4. The number of rotatable bonds is 3. The number of carbonyl (C=O) groups excluding carboxylic acids is 1. The van der Waals surface area contributed by atoms with E-state index in [-0.39, 0.29) is 48.3 Å². The minimum Gasteiger partial charge on any atom is -0.507 e. The van der Waals surface area contributed by atoms with Gasteiger partial charge in [0.25, 0.3) is 5.91 Å². The van der Waals surface area contributed by atoms with E-state index in [0.717, 1.165) is 11.6 Å². The van der Waals surface area contributed by atoms with Crippen molar-refractivity contribution in [2.45, 2.75) is 11.8 Å². The van der Waals surface area contributed by atoms with E-state index in [1.807, 2.05) is 0 Å². The Balaban J connectivity index is 1.76. The standard InChI is InChI=1S/C18H18BrFN2O4S/c1-12-2-5-16(23)17(10-12)27(25,26)22-8-6-21(7-9-22)18(24)14-11-13(20)3-4-15(14)19/h2-5,10-11,23H,6-9H2,1H3. The fraction of sp³-hybridized carbons (Fsp3) is 0.278. The number of hydrogen-bond acceptors (Lipinski definition) is 4. The fourth-order valence-electron chi connectivity index (χ4n) is 2.93. The van der Waals surface area contributed by atoms with E-state index in [4.69, 9.17) is 0 Å². The zero-order valence-corrected chi connectivity index (χ0v) is 16.9. The highest BCUT2D eigenvalue weighted by Crippen LogP contribution is 2.28. The molecule has 0 aliphatic carbocycles. The third kappa shape index (κ3) is 3.99. The number of phenols is 1. The number of sulfonamides is 1. The fourth-order valence-corrected chi connectivity index (χ4v) is 4.94. The summed E-state index contributed by atoms with van der Waals surface area (Å²) in [5.41, 5.74) is 0.916. The highest BCUT2D eigenvalue weighted by Gasteiger charge is 2.32. The van der Waals surface area contributed by atoms with Gasteiger partial charge >= 0.3 is 0 Å². The van der Waals surface area contributed by atoms with Gasteiger partial charge in [-0.05, 0) is 58.7 Å². The van der Waals surface area contributed by atoms with Gasteiger partial charge in [0.1, 0.15) is 16.5 Å². The summed E-state index contributed by atoms with van der Waals surface area (Å²) in [6, 6.07) is 8.27. The minimum absolute atomic E-state index is 0.0917. The molecule has 0 saturated carbocycles. The number of halogens is 2. The molecule has 1 amide bonds. The molecule has 1 saturated heterocycles. The smallest absolute Gasteiger partial charge is 0.255 e. The van der Waals surface area contributed by atoms with Crippen molar-refractivity contribution in [1.82, 2.24) is 9.21 Å². The van der Waals surface area contributed by atoms with Crippen LogP contribution in [0.25, 0.3) is 0 Å². The highest BCUT2D eigenvalue weighted by atomic mass is 79.9. The Kier molecular flexibility index (Phi) is 5.55. The SMILES string of the molecule is Cc1ccc(O)c(S(=O)(=O)N2CCN(C(=O)c3cc(F)ccc3Br)CC2)c1. The van der Waals surface area contributed by atoms with Crippen molar-refractivity contribution in [2.24, 2.45) is 0 Å².